The van der Waals surface area contributed by atoms with Crippen molar-refractivity contribution >= 4 is 29.0 Å². The van der Waals surface area contributed by atoms with Crippen LogP contribution in [0.4, 0.5) is 15.8 Å². The Morgan fingerprint density at radius 3 is 2.94 bits per heavy atom. The summed E-state index contributed by atoms with van der Waals surface area (Å²) >= 11 is 1.77. The lowest BCUT2D eigenvalue weighted by molar-refractivity contribution is -0.119. The number of rotatable bonds is 2. The van der Waals surface area contributed by atoms with Crippen molar-refractivity contribution in [3.63, 3.8) is 0 Å². The maximum atomic E-state index is 13.0. The molecule has 5 heteroatoms. The molecule has 0 aromatic heterocycles. The van der Waals surface area contributed by atoms with E-state index in [1.165, 1.54) is 12.1 Å². The Labute approximate surface area is 97.6 Å². The second kappa shape index (κ2) is 4.74. The summed E-state index contributed by atoms with van der Waals surface area (Å²) in [4.78, 5) is 11.7. The molecule has 3 nitrogen and oxygen atoms in total. The fourth-order valence-corrected chi connectivity index (χ4v) is 2.89. The number of anilines is 2. The fourth-order valence-electron chi connectivity index (χ4n) is 1.67. The van der Waals surface area contributed by atoms with Crippen LogP contribution >= 0.6 is 11.8 Å². The van der Waals surface area contributed by atoms with Gasteiger partial charge >= 0.3 is 0 Å². The predicted molar refractivity (Wildman–Crippen MR) is 64.9 cm³/mol. The number of halogens is 1. The van der Waals surface area contributed by atoms with Crippen LogP contribution < -0.4 is 11.1 Å². The number of benzene rings is 1. The highest BCUT2D eigenvalue weighted by molar-refractivity contribution is 7.99. The van der Waals surface area contributed by atoms with E-state index in [9.17, 15) is 9.18 Å². The van der Waals surface area contributed by atoms with E-state index in [1.54, 1.807) is 17.8 Å². The van der Waals surface area contributed by atoms with Gasteiger partial charge in [-0.15, -0.1) is 0 Å². The third kappa shape index (κ3) is 2.66. The van der Waals surface area contributed by atoms with Gasteiger partial charge in [0.25, 0.3) is 0 Å². The lowest BCUT2D eigenvalue weighted by Crippen LogP contribution is -2.22. The lowest BCUT2D eigenvalue weighted by Gasteiger charge is -2.10. The molecule has 86 valence electrons. The molecule has 1 saturated heterocycles. The largest absolute Gasteiger partial charge is 0.399 e. The number of amides is 1. The summed E-state index contributed by atoms with van der Waals surface area (Å²) in [5, 5.41) is 2.69. The van der Waals surface area contributed by atoms with Gasteiger partial charge in [-0.05, 0) is 30.4 Å². The lowest BCUT2D eigenvalue weighted by atomic mass is 10.1. The predicted octanol–water partition coefficient (Wildman–Crippen LogP) is 2.10. The molecule has 16 heavy (non-hydrogen) atoms. The van der Waals surface area contributed by atoms with E-state index in [0.29, 0.717) is 11.4 Å². The van der Waals surface area contributed by atoms with Crippen molar-refractivity contribution in [2.24, 2.45) is 5.92 Å². The smallest absolute Gasteiger partial charge is 0.228 e. The third-order valence-corrected chi connectivity index (χ3v) is 3.65. The molecule has 1 aromatic rings. The van der Waals surface area contributed by atoms with Gasteiger partial charge < -0.3 is 11.1 Å². The molecule has 1 aliphatic heterocycles. The average molecular weight is 240 g/mol. The van der Waals surface area contributed by atoms with Crippen LogP contribution in [0.15, 0.2) is 18.2 Å². The molecule has 2 rings (SSSR count). The van der Waals surface area contributed by atoms with E-state index in [4.69, 9.17) is 5.73 Å². The van der Waals surface area contributed by atoms with Crippen molar-refractivity contribution in [1.82, 2.24) is 0 Å². The van der Waals surface area contributed by atoms with Crippen LogP contribution in [0.1, 0.15) is 6.42 Å². The molecule has 1 aromatic carbocycles. The van der Waals surface area contributed by atoms with Gasteiger partial charge in [0.2, 0.25) is 5.91 Å². The van der Waals surface area contributed by atoms with Crippen LogP contribution in [0.3, 0.4) is 0 Å². The van der Waals surface area contributed by atoms with E-state index in [-0.39, 0.29) is 11.8 Å². The molecule has 1 amide bonds. The third-order valence-electron chi connectivity index (χ3n) is 2.49. The van der Waals surface area contributed by atoms with Gasteiger partial charge in [-0.3, -0.25) is 4.79 Å². The van der Waals surface area contributed by atoms with Crippen LogP contribution in [0, 0.1) is 11.7 Å². The molecule has 1 heterocycles. The second-order valence-electron chi connectivity index (χ2n) is 3.82. The van der Waals surface area contributed by atoms with Crippen LogP contribution in [-0.4, -0.2) is 17.4 Å². The SMILES string of the molecule is Nc1cc(F)cc(NC(=O)C2CCSC2)c1. The average Bonchev–Trinajstić information content (AvgIpc) is 2.68. The molecule has 0 spiro atoms. The number of hydrogen-bond acceptors (Lipinski definition) is 3. The van der Waals surface area contributed by atoms with Gasteiger partial charge in [-0.1, -0.05) is 0 Å². The number of thioether (sulfide) groups is 1. The van der Waals surface area contributed by atoms with Crippen LogP contribution in [0.25, 0.3) is 0 Å². The summed E-state index contributed by atoms with van der Waals surface area (Å²) < 4.78 is 13.0. The fraction of sp³-hybridized carbons (Fsp3) is 0.364. The quantitative estimate of drug-likeness (QED) is 0.778. The highest BCUT2D eigenvalue weighted by atomic mass is 32.2. The first-order valence-corrected chi connectivity index (χ1v) is 6.25. The number of carbonyl (C=O) groups is 1. The molecule has 0 aliphatic carbocycles. The van der Waals surface area contributed by atoms with Gasteiger partial charge in [-0.25, -0.2) is 4.39 Å². The summed E-state index contributed by atoms with van der Waals surface area (Å²) in [5.74, 6) is 1.42. The molecule has 0 bridgehead atoms. The Hall–Kier alpha value is -1.23. The maximum Gasteiger partial charge on any atom is 0.228 e. The monoisotopic (exact) mass is 240 g/mol. The van der Waals surface area contributed by atoms with Crippen LogP contribution in [0.2, 0.25) is 0 Å². The van der Waals surface area contributed by atoms with Gasteiger partial charge in [0.1, 0.15) is 5.82 Å². The minimum absolute atomic E-state index is 0.0366. The van der Waals surface area contributed by atoms with Crippen molar-refractivity contribution in [1.29, 1.82) is 0 Å². The number of hydrogen-bond donors (Lipinski definition) is 2. The summed E-state index contributed by atoms with van der Waals surface area (Å²) in [7, 11) is 0. The zero-order chi connectivity index (χ0) is 11.5. The van der Waals surface area contributed by atoms with Gasteiger partial charge in [0.15, 0.2) is 0 Å². The van der Waals surface area contributed by atoms with Crippen LogP contribution in [-0.2, 0) is 4.79 Å². The Kier molecular flexibility index (Phi) is 3.33. The summed E-state index contributed by atoms with van der Waals surface area (Å²) in [6, 6.07) is 4.06. The van der Waals surface area contributed by atoms with Crippen molar-refractivity contribution in [3.8, 4) is 0 Å². The second-order valence-corrected chi connectivity index (χ2v) is 4.97. The molecule has 0 saturated carbocycles. The van der Waals surface area contributed by atoms with Crippen molar-refractivity contribution in [3.05, 3.63) is 24.0 Å². The Morgan fingerprint density at radius 2 is 2.31 bits per heavy atom. The van der Waals surface area contributed by atoms with Crippen LogP contribution in [0.5, 0.6) is 0 Å². The number of nitrogens with one attached hydrogen (secondary N) is 1. The van der Waals surface area contributed by atoms with Crippen molar-refractivity contribution in [2.45, 2.75) is 6.42 Å². The van der Waals surface area contributed by atoms with Gasteiger partial charge in [0.05, 0.1) is 0 Å². The molecular weight excluding hydrogens is 227 g/mol. The first-order valence-electron chi connectivity index (χ1n) is 5.10. The number of nitrogen functional groups attached to an aromatic ring is 1. The Morgan fingerprint density at radius 1 is 1.50 bits per heavy atom. The van der Waals surface area contributed by atoms with E-state index in [0.717, 1.165) is 17.9 Å². The van der Waals surface area contributed by atoms with Gasteiger partial charge in [-0.2, -0.15) is 11.8 Å². The first kappa shape index (κ1) is 11.3. The van der Waals surface area contributed by atoms with Gasteiger partial charge in [0, 0.05) is 23.0 Å². The summed E-state index contributed by atoms with van der Waals surface area (Å²) in [6.07, 6.45) is 0.890. The summed E-state index contributed by atoms with van der Waals surface area (Å²) in [5.41, 5.74) is 6.24. The van der Waals surface area contributed by atoms with E-state index in [2.05, 4.69) is 5.32 Å². The minimum atomic E-state index is -0.434. The molecule has 1 aliphatic rings. The molecule has 0 radical (unpaired) electrons. The topological polar surface area (TPSA) is 55.1 Å². The standard InChI is InChI=1S/C11H13FN2OS/c12-8-3-9(13)5-10(4-8)14-11(15)7-1-2-16-6-7/h3-5,7H,1-2,6,13H2,(H,14,15). The van der Waals surface area contributed by atoms with Crippen molar-refractivity contribution < 1.29 is 9.18 Å². The molecule has 1 atom stereocenters. The zero-order valence-electron chi connectivity index (χ0n) is 8.70. The number of nitrogens with two attached hydrogens (primary N) is 1. The van der Waals surface area contributed by atoms with E-state index < -0.39 is 5.82 Å². The molecule has 1 unspecified atom stereocenters. The summed E-state index contributed by atoms with van der Waals surface area (Å²) in [6.45, 7) is 0. The normalized spacial score (nSPS) is 19.7. The number of carbonyl (C=O) groups excluding carboxylic acids is 1. The Balaban J connectivity index is 2.05. The maximum absolute atomic E-state index is 13.0. The molecule has 1 fully saturated rings. The minimum Gasteiger partial charge on any atom is -0.399 e. The van der Waals surface area contributed by atoms with Crippen molar-refractivity contribution in [2.75, 3.05) is 22.6 Å². The Bertz CT molecular complexity index is 385. The zero-order valence-corrected chi connectivity index (χ0v) is 9.52. The molecular formula is C11H13FN2OS. The highest BCUT2D eigenvalue weighted by Gasteiger charge is 2.23. The molecule has 3 N–H and O–H groups in total. The first-order chi connectivity index (χ1) is 7.65. The van der Waals surface area contributed by atoms with E-state index >= 15 is 0 Å². The van der Waals surface area contributed by atoms with E-state index in [1.807, 2.05) is 0 Å². The highest BCUT2D eigenvalue weighted by Crippen LogP contribution is 2.25.